The molecule has 0 unspecified atom stereocenters. The van der Waals surface area contributed by atoms with Crippen molar-refractivity contribution in [3.63, 3.8) is 0 Å². The Morgan fingerprint density at radius 3 is 2.79 bits per heavy atom. The highest BCUT2D eigenvalue weighted by Crippen LogP contribution is 2.37. The van der Waals surface area contributed by atoms with Gasteiger partial charge in [-0.15, -0.1) is 0 Å². The molecule has 0 radical (unpaired) electrons. The zero-order chi connectivity index (χ0) is 16.9. The second kappa shape index (κ2) is 5.21. The third-order valence-electron chi connectivity index (χ3n) is 4.46. The maximum absolute atomic E-state index is 12.2. The quantitative estimate of drug-likeness (QED) is 0.700. The zero-order valence-electron chi connectivity index (χ0n) is 13.2. The Balaban J connectivity index is 1.94. The van der Waals surface area contributed by atoms with Crippen LogP contribution in [0, 0.1) is 6.92 Å². The molecule has 3 N–H and O–H groups in total. The molecule has 6 heteroatoms. The summed E-state index contributed by atoms with van der Waals surface area (Å²) in [4.78, 5) is 4.82. The van der Waals surface area contributed by atoms with E-state index in [0.717, 1.165) is 33.4 Å². The maximum Gasteiger partial charge on any atom is 0.179 e. The monoisotopic (exact) mass is 339 g/mol. The molecule has 0 saturated heterocycles. The number of aromatic nitrogens is 1. The fraction of sp³-hybridized carbons (Fsp3) is 0.167. The molecule has 1 aliphatic rings. The highest BCUT2D eigenvalue weighted by molar-refractivity contribution is 7.91. The van der Waals surface area contributed by atoms with Gasteiger partial charge in [-0.1, -0.05) is 6.07 Å². The van der Waals surface area contributed by atoms with Gasteiger partial charge in [0, 0.05) is 28.6 Å². The lowest BCUT2D eigenvalue weighted by molar-refractivity contribution is 0.600. The van der Waals surface area contributed by atoms with E-state index < -0.39 is 9.84 Å². The normalized spacial score (nSPS) is 15.4. The van der Waals surface area contributed by atoms with Crippen LogP contribution in [-0.4, -0.2) is 19.2 Å². The van der Waals surface area contributed by atoms with Gasteiger partial charge in [0.15, 0.2) is 9.84 Å². The van der Waals surface area contributed by atoms with Gasteiger partial charge in [-0.25, -0.2) is 8.42 Å². The van der Waals surface area contributed by atoms with E-state index in [2.05, 4.69) is 10.3 Å². The molecule has 0 aliphatic carbocycles. The Kier molecular flexibility index (Phi) is 3.25. The summed E-state index contributed by atoms with van der Waals surface area (Å²) < 4.78 is 24.4. The number of nitrogens with one attached hydrogen (secondary N) is 1. The van der Waals surface area contributed by atoms with Crippen LogP contribution >= 0.6 is 0 Å². The van der Waals surface area contributed by atoms with E-state index in [1.54, 1.807) is 18.3 Å². The second-order valence-corrected chi connectivity index (χ2v) is 8.14. The molecular weight excluding hydrogens is 322 g/mol. The number of nitrogens with two attached hydrogens (primary N) is 1. The van der Waals surface area contributed by atoms with E-state index in [1.165, 1.54) is 0 Å². The molecule has 0 fully saturated rings. The minimum absolute atomic E-state index is 0.160. The van der Waals surface area contributed by atoms with E-state index >= 15 is 0 Å². The lowest BCUT2D eigenvalue weighted by atomic mass is 10.0. The fourth-order valence-corrected chi connectivity index (χ4v) is 4.76. The Bertz CT molecular complexity index is 1080. The molecule has 3 aromatic rings. The molecule has 1 aliphatic heterocycles. The van der Waals surface area contributed by atoms with Crippen molar-refractivity contribution in [2.24, 2.45) is 0 Å². The lowest BCUT2D eigenvalue weighted by Crippen LogP contribution is -1.99. The summed E-state index contributed by atoms with van der Waals surface area (Å²) in [5, 5.41) is 4.27. The van der Waals surface area contributed by atoms with Gasteiger partial charge in [0.1, 0.15) is 0 Å². The molecule has 2 aromatic carbocycles. The summed E-state index contributed by atoms with van der Waals surface area (Å²) in [7, 11) is -3.18. The summed E-state index contributed by atoms with van der Waals surface area (Å²) in [5.74, 6) is 0.160. The maximum atomic E-state index is 12.2. The van der Waals surface area contributed by atoms with Gasteiger partial charge in [-0.3, -0.25) is 4.98 Å². The Morgan fingerprint density at radius 2 is 1.96 bits per heavy atom. The predicted octanol–water partition coefficient (Wildman–Crippen LogP) is 3.20. The van der Waals surface area contributed by atoms with Crippen LogP contribution in [0.15, 0.2) is 47.5 Å². The third kappa shape index (κ3) is 2.30. The second-order valence-electron chi connectivity index (χ2n) is 6.06. The van der Waals surface area contributed by atoms with Crippen molar-refractivity contribution in [2.45, 2.75) is 18.2 Å². The number of benzene rings is 2. The number of hydrogen-bond donors (Lipinski definition) is 2. The molecule has 4 rings (SSSR count). The Labute approximate surface area is 140 Å². The zero-order valence-corrected chi connectivity index (χ0v) is 14.0. The van der Waals surface area contributed by atoms with Gasteiger partial charge in [0.25, 0.3) is 0 Å². The number of rotatable bonds is 2. The SMILES string of the molecule is Cc1ccc(N)cc1Nc1ccnc2ccc3c(c12)CCS3(=O)=O. The molecule has 1 aromatic heterocycles. The van der Waals surface area contributed by atoms with Gasteiger partial charge >= 0.3 is 0 Å². The van der Waals surface area contributed by atoms with Crippen molar-refractivity contribution in [3.05, 3.63) is 53.7 Å². The number of sulfone groups is 1. The third-order valence-corrected chi connectivity index (χ3v) is 6.25. The summed E-state index contributed by atoms with van der Waals surface area (Å²) in [6, 6.07) is 11.0. The van der Waals surface area contributed by atoms with Gasteiger partial charge in [-0.2, -0.15) is 0 Å². The number of anilines is 3. The van der Waals surface area contributed by atoms with Crippen molar-refractivity contribution in [3.8, 4) is 0 Å². The van der Waals surface area contributed by atoms with Crippen LogP contribution in [-0.2, 0) is 16.3 Å². The minimum atomic E-state index is -3.18. The molecule has 0 bridgehead atoms. The molecule has 2 heterocycles. The van der Waals surface area contributed by atoms with Crippen LogP contribution in [0.3, 0.4) is 0 Å². The molecule has 24 heavy (non-hydrogen) atoms. The van der Waals surface area contributed by atoms with Gasteiger partial charge in [0.05, 0.1) is 16.2 Å². The van der Waals surface area contributed by atoms with Gasteiger partial charge in [-0.05, 0) is 54.8 Å². The molecule has 0 amide bonds. The van der Waals surface area contributed by atoms with Crippen LogP contribution in [0.2, 0.25) is 0 Å². The van der Waals surface area contributed by atoms with Crippen LogP contribution in [0.1, 0.15) is 11.1 Å². The smallest absolute Gasteiger partial charge is 0.179 e. The van der Waals surface area contributed by atoms with E-state index in [0.29, 0.717) is 17.0 Å². The topological polar surface area (TPSA) is 85.1 Å². The lowest BCUT2D eigenvalue weighted by Gasteiger charge is -2.14. The largest absolute Gasteiger partial charge is 0.399 e. The standard InChI is InChI=1S/C18H17N3O2S/c1-11-2-3-12(19)10-16(11)21-15-6-8-20-14-4-5-17-13(18(14)15)7-9-24(17,22)23/h2-6,8,10H,7,9,19H2,1H3,(H,20,21). The molecule has 0 saturated carbocycles. The summed E-state index contributed by atoms with van der Waals surface area (Å²) >= 11 is 0. The molecule has 0 atom stereocenters. The summed E-state index contributed by atoms with van der Waals surface area (Å²) in [6.07, 6.45) is 2.24. The Hall–Kier alpha value is -2.60. The molecule has 122 valence electrons. The molecule has 5 nitrogen and oxygen atoms in total. The van der Waals surface area contributed by atoms with Crippen LogP contribution in [0.25, 0.3) is 10.9 Å². The molecule has 0 spiro atoms. The van der Waals surface area contributed by atoms with E-state index in [9.17, 15) is 8.42 Å². The first-order valence-corrected chi connectivity index (χ1v) is 9.37. The number of aryl methyl sites for hydroxylation is 2. The van der Waals surface area contributed by atoms with Crippen molar-refractivity contribution >= 4 is 37.8 Å². The first-order valence-electron chi connectivity index (χ1n) is 7.72. The van der Waals surface area contributed by atoms with Crippen molar-refractivity contribution in [1.29, 1.82) is 0 Å². The number of pyridine rings is 1. The highest BCUT2D eigenvalue weighted by Gasteiger charge is 2.28. The number of fused-ring (bicyclic) bond motifs is 3. The average Bonchev–Trinajstić information content (AvgIpc) is 2.86. The van der Waals surface area contributed by atoms with Crippen molar-refractivity contribution < 1.29 is 8.42 Å². The van der Waals surface area contributed by atoms with Crippen molar-refractivity contribution in [2.75, 3.05) is 16.8 Å². The first-order chi connectivity index (χ1) is 11.5. The number of nitrogens with zero attached hydrogens (tertiary/aromatic N) is 1. The minimum Gasteiger partial charge on any atom is -0.399 e. The highest BCUT2D eigenvalue weighted by atomic mass is 32.2. The van der Waals surface area contributed by atoms with Crippen LogP contribution < -0.4 is 11.1 Å². The van der Waals surface area contributed by atoms with Gasteiger partial charge in [0.2, 0.25) is 0 Å². The summed E-state index contributed by atoms with van der Waals surface area (Å²) in [6.45, 7) is 2.00. The van der Waals surface area contributed by atoms with E-state index in [-0.39, 0.29) is 5.75 Å². The van der Waals surface area contributed by atoms with Crippen molar-refractivity contribution in [1.82, 2.24) is 4.98 Å². The predicted molar refractivity (Wildman–Crippen MR) is 96.4 cm³/mol. The summed E-state index contributed by atoms with van der Waals surface area (Å²) in [5.41, 5.74) is 11.0. The number of hydrogen-bond acceptors (Lipinski definition) is 5. The van der Waals surface area contributed by atoms with Crippen LogP contribution in [0.5, 0.6) is 0 Å². The average molecular weight is 339 g/mol. The fourth-order valence-electron chi connectivity index (χ4n) is 3.21. The first kappa shape index (κ1) is 15.0. The van der Waals surface area contributed by atoms with E-state index in [1.807, 2.05) is 31.2 Å². The number of nitrogen functional groups attached to an aromatic ring is 1. The molecular formula is C18H17N3O2S. The Morgan fingerprint density at radius 1 is 1.12 bits per heavy atom. The van der Waals surface area contributed by atoms with E-state index in [4.69, 9.17) is 5.73 Å². The van der Waals surface area contributed by atoms with Crippen LogP contribution in [0.4, 0.5) is 17.1 Å². The van der Waals surface area contributed by atoms with Gasteiger partial charge < -0.3 is 11.1 Å².